The van der Waals surface area contributed by atoms with E-state index in [4.69, 9.17) is 0 Å². The molecule has 1 aliphatic carbocycles. The molecule has 154 valence electrons. The van der Waals surface area contributed by atoms with Gasteiger partial charge < -0.3 is 20.5 Å². The van der Waals surface area contributed by atoms with Crippen LogP contribution in [0.2, 0.25) is 0 Å². The molecule has 2 rings (SSSR count). The molecule has 0 unspecified atom stereocenters. The molecule has 0 amide bonds. The third kappa shape index (κ3) is 9.45. The van der Waals surface area contributed by atoms with Crippen LogP contribution in [0.5, 0.6) is 5.88 Å². The Kier molecular flexibility index (Phi) is 10.1. The fraction of sp³-hybridized carbons (Fsp3) is 0.647. The minimum absolute atomic E-state index is 0. The summed E-state index contributed by atoms with van der Waals surface area (Å²) in [5.74, 6) is 0.567. The molecule has 0 saturated heterocycles. The van der Waals surface area contributed by atoms with Crippen molar-refractivity contribution in [1.29, 1.82) is 0 Å². The van der Waals surface area contributed by atoms with Gasteiger partial charge in [-0.15, -0.1) is 24.0 Å². The Bertz CT molecular complexity index is 594. The van der Waals surface area contributed by atoms with Gasteiger partial charge in [0.25, 0.3) is 0 Å². The maximum Gasteiger partial charge on any atom is 0.422 e. The average molecular weight is 502 g/mol. The number of nitrogens with zero attached hydrogens (tertiary/aromatic N) is 2. The van der Waals surface area contributed by atoms with Gasteiger partial charge in [-0.25, -0.2) is 9.98 Å². The van der Waals surface area contributed by atoms with E-state index in [9.17, 15) is 18.3 Å². The monoisotopic (exact) mass is 502 g/mol. The van der Waals surface area contributed by atoms with Crippen molar-refractivity contribution in [2.75, 3.05) is 13.2 Å². The molecular formula is C17H26F3IN4O2. The van der Waals surface area contributed by atoms with Gasteiger partial charge in [-0.05, 0) is 44.2 Å². The summed E-state index contributed by atoms with van der Waals surface area (Å²) in [5, 5.41) is 16.1. The number of ether oxygens (including phenoxy) is 1. The second-order valence-corrected chi connectivity index (χ2v) is 6.25. The highest BCUT2D eigenvalue weighted by Crippen LogP contribution is 2.19. The van der Waals surface area contributed by atoms with E-state index in [1.165, 1.54) is 12.3 Å². The molecule has 0 bridgehead atoms. The number of hydrogen-bond acceptors (Lipinski definition) is 4. The van der Waals surface area contributed by atoms with Crippen LogP contribution in [0.4, 0.5) is 13.2 Å². The number of guanidine groups is 1. The lowest BCUT2D eigenvalue weighted by atomic mass is 9.93. The Hall–Kier alpha value is -1.30. The highest BCUT2D eigenvalue weighted by Gasteiger charge is 2.28. The third-order valence-electron chi connectivity index (χ3n) is 3.98. The minimum Gasteiger partial charge on any atom is -0.468 e. The summed E-state index contributed by atoms with van der Waals surface area (Å²) in [6, 6.07) is 3.39. The highest BCUT2D eigenvalue weighted by molar-refractivity contribution is 14.0. The molecule has 1 aliphatic rings. The maximum absolute atomic E-state index is 12.2. The van der Waals surface area contributed by atoms with Crippen molar-refractivity contribution in [2.45, 2.75) is 57.5 Å². The fourth-order valence-corrected chi connectivity index (χ4v) is 2.69. The van der Waals surface area contributed by atoms with Crippen LogP contribution in [0.15, 0.2) is 23.3 Å². The number of halogens is 4. The smallest absolute Gasteiger partial charge is 0.422 e. The van der Waals surface area contributed by atoms with Crippen LogP contribution in [0.1, 0.15) is 38.2 Å². The topological polar surface area (TPSA) is 78.8 Å². The molecule has 0 aromatic carbocycles. The number of alkyl halides is 3. The second kappa shape index (κ2) is 11.5. The largest absolute Gasteiger partial charge is 0.468 e. The predicted molar refractivity (Wildman–Crippen MR) is 107 cm³/mol. The zero-order valence-corrected chi connectivity index (χ0v) is 17.5. The maximum atomic E-state index is 12.2. The van der Waals surface area contributed by atoms with E-state index in [1.807, 2.05) is 6.92 Å². The fourth-order valence-electron chi connectivity index (χ4n) is 2.69. The normalized spacial score (nSPS) is 20.6. The van der Waals surface area contributed by atoms with E-state index in [1.54, 1.807) is 6.07 Å². The van der Waals surface area contributed by atoms with Crippen molar-refractivity contribution < 1.29 is 23.0 Å². The molecule has 0 spiro atoms. The Labute approximate surface area is 174 Å². The van der Waals surface area contributed by atoms with Crippen LogP contribution in [-0.2, 0) is 6.54 Å². The van der Waals surface area contributed by atoms with Crippen molar-refractivity contribution in [1.82, 2.24) is 15.6 Å². The molecule has 10 heteroatoms. The van der Waals surface area contributed by atoms with Crippen LogP contribution in [0.25, 0.3) is 0 Å². The number of aliphatic hydroxyl groups excluding tert-OH is 1. The molecule has 0 aliphatic heterocycles. The SMILES string of the molecule is CCNC(=NCc1ccnc(OCC(F)(F)F)c1)NC1CCC(O)CC1.I. The van der Waals surface area contributed by atoms with Gasteiger partial charge in [-0.1, -0.05) is 0 Å². The molecule has 1 fully saturated rings. The molecule has 1 aromatic heterocycles. The van der Waals surface area contributed by atoms with Gasteiger partial charge in [0.05, 0.1) is 12.6 Å². The van der Waals surface area contributed by atoms with Crippen LogP contribution < -0.4 is 15.4 Å². The van der Waals surface area contributed by atoms with E-state index in [0.29, 0.717) is 18.1 Å². The molecule has 0 atom stereocenters. The van der Waals surface area contributed by atoms with Gasteiger partial charge in [0.15, 0.2) is 12.6 Å². The first kappa shape index (κ1) is 23.7. The van der Waals surface area contributed by atoms with Gasteiger partial charge in [0, 0.05) is 24.8 Å². The summed E-state index contributed by atoms with van der Waals surface area (Å²) < 4.78 is 41.3. The van der Waals surface area contributed by atoms with Crippen LogP contribution in [0.3, 0.4) is 0 Å². The first-order valence-corrected chi connectivity index (χ1v) is 8.73. The number of nitrogens with one attached hydrogen (secondary N) is 2. The number of rotatable bonds is 6. The molecule has 27 heavy (non-hydrogen) atoms. The van der Waals surface area contributed by atoms with Crippen molar-refractivity contribution in [3.63, 3.8) is 0 Å². The highest BCUT2D eigenvalue weighted by atomic mass is 127. The molecule has 6 nitrogen and oxygen atoms in total. The standard InChI is InChI=1S/C17H25F3N4O2.HI/c1-2-21-16(24-13-3-5-14(25)6-4-13)23-10-12-7-8-22-15(9-12)26-11-17(18,19)20;/h7-9,13-14,25H,2-6,10-11H2,1H3,(H2,21,23,24);1H. The summed E-state index contributed by atoms with van der Waals surface area (Å²) in [7, 11) is 0. The van der Waals surface area contributed by atoms with Crippen molar-refractivity contribution in [3.05, 3.63) is 23.9 Å². The Morgan fingerprint density at radius 2 is 2.04 bits per heavy atom. The average Bonchev–Trinajstić information content (AvgIpc) is 2.60. The number of aliphatic imine (C=N–C) groups is 1. The summed E-state index contributed by atoms with van der Waals surface area (Å²) in [6.07, 6.45) is 0.0553. The first-order chi connectivity index (χ1) is 12.4. The van der Waals surface area contributed by atoms with Gasteiger partial charge >= 0.3 is 6.18 Å². The molecule has 3 N–H and O–H groups in total. The van der Waals surface area contributed by atoms with E-state index in [2.05, 4.69) is 25.3 Å². The van der Waals surface area contributed by atoms with Gasteiger partial charge in [0.2, 0.25) is 5.88 Å². The Balaban J connectivity index is 0.00000364. The Morgan fingerprint density at radius 3 is 2.67 bits per heavy atom. The van der Waals surface area contributed by atoms with Gasteiger partial charge in [-0.2, -0.15) is 13.2 Å². The van der Waals surface area contributed by atoms with Gasteiger partial charge in [0.1, 0.15) is 0 Å². The lowest BCUT2D eigenvalue weighted by Crippen LogP contribution is -2.45. The van der Waals surface area contributed by atoms with E-state index in [0.717, 1.165) is 25.7 Å². The second-order valence-electron chi connectivity index (χ2n) is 6.25. The Morgan fingerprint density at radius 1 is 1.33 bits per heavy atom. The van der Waals surface area contributed by atoms with E-state index < -0.39 is 12.8 Å². The summed E-state index contributed by atoms with van der Waals surface area (Å²) in [6.45, 7) is 1.56. The molecule has 1 heterocycles. The van der Waals surface area contributed by atoms with Gasteiger partial charge in [-0.3, -0.25) is 0 Å². The van der Waals surface area contributed by atoms with Crippen LogP contribution in [0, 0.1) is 0 Å². The number of hydrogen-bond donors (Lipinski definition) is 3. The molecule has 1 aromatic rings. The third-order valence-corrected chi connectivity index (χ3v) is 3.98. The zero-order chi connectivity index (χ0) is 19.0. The quantitative estimate of drug-likeness (QED) is 0.317. The van der Waals surface area contributed by atoms with Crippen LogP contribution >= 0.6 is 24.0 Å². The predicted octanol–water partition coefficient (Wildman–Crippen LogP) is 3.00. The van der Waals surface area contributed by atoms with E-state index in [-0.39, 0.29) is 48.5 Å². The number of pyridine rings is 1. The molecular weight excluding hydrogens is 476 g/mol. The molecule has 1 saturated carbocycles. The summed E-state index contributed by atoms with van der Waals surface area (Å²) in [5.41, 5.74) is 0.702. The zero-order valence-electron chi connectivity index (χ0n) is 15.1. The lowest BCUT2D eigenvalue weighted by Gasteiger charge is -2.27. The lowest BCUT2D eigenvalue weighted by molar-refractivity contribution is -0.154. The van der Waals surface area contributed by atoms with Crippen molar-refractivity contribution in [2.24, 2.45) is 4.99 Å². The van der Waals surface area contributed by atoms with Crippen molar-refractivity contribution in [3.8, 4) is 5.88 Å². The van der Waals surface area contributed by atoms with Crippen molar-refractivity contribution >= 4 is 29.9 Å². The minimum atomic E-state index is -4.40. The number of aliphatic hydroxyl groups is 1. The summed E-state index contributed by atoms with van der Waals surface area (Å²) in [4.78, 5) is 8.25. The van der Waals surface area contributed by atoms with Crippen LogP contribution in [-0.4, -0.2) is 47.5 Å². The number of aromatic nitrogens is 1. The summed E-state index contributed by atoms with van der Waals surface area (Å²) >= 11 is 0. The van der Waals surface area contributed by atoms with E-state index >= 15 is 0 Å². The first-order valence-electron chi connectivity index (χ1n) is 8.73. The molecule has 0 radical (unpaired) electrons.